The number of piperazine rings is 1. The summed E-state index contributed by atoms with van der Waals surface area (Å²) in [5.74, 6) is 1.56. The molecular weight excluding hydrogens is 408 g/mol. The Bertz CT molecular complexity index is 947. The van der Waals surface area contributed by atoms with Crippen LogP contribution in [0, 0.1) is 6.92 Å². The van der Waals surface area contributed by atoms with Crippen LogP contribution in [0.25, 0.3) is 5.82 Å². The summed E-state index contributed by atoms with van der Waals surface area (Å²) in [7, 11) is 0. The Morgan fingerprint density at radius 2 is 1.67 bits per heavy atom. The molecule has 1 aliphatic rings. The molecule has 0 saturated carbocycles. The molecule has 138 valence electrons. The van der Waals surface area contributed by atoms with E-state index in [1.165, 1.54) is 0 Å². The third-order valence-corrected chi connectivity index (χ3v) is 5.28. The first kappa shape index (κ1) is 17.7. The topological polar surface area (TPSA) is 67.2 Å². The van der Waals surface area contributed by atoms with E-state index in [-0.39, 0.29) is 5.91 Å². The number of carbonyl (C=O) groups is 1. The molecule has 1 fully saturated rings. The number of amides is 1. The first-order chi connectivity index (χ1) is 13.1. The first-order valence-corrected chi connectivity index (χ1v) is 9.56. The smallest absolute Gasteiger partial charge is 0.255 e. The van der Waals surface area contributed by atoms with Crippen LogP contribution < -0.4 is 4.90 Å². The lowest BCUT2D eigenvalue weighted by molar-refractivity contribution is 0.0745. The summed E-state index contributed by atoms with van der Waals surface area (Å²) in [5, 5.41) is 12.9. The summed E-state index contributed by atoms with van der Waals surface area (Å²) < 4.78 is 2.54. The van der Waals surface area contributed by atoms with E-state index in [0.717, 1.165) is 29.1 Å². The van der Waals surface area contributed by atoms with E-state index in [4.69, 9.17) is 0 Å². The summed E-state index contributed by atoms with van der Waals surface area (Å²) >= 11 is 3.46. The lowest BCUT2D eigenvalue weighted by Gasteiger charge is -2.35. The minimum Gasteiger partial charge on any atom is -0.352 e. The Hall–Kier alpha value is -2.74. The quantitative estimate of drug-likeness (QED) is 0.643. The van der Waals surface area contributed by atoms with Gasteiger partial charge in [-0.15, -0.1) is 10.2 Å². The molecule has 2 aromatic heterocycles. The molecule has 0 radical (unpaired) electrons. The Balaban J connectivity index is 1.40. The third kappa shape index (κ3) is 3.71. The fourth-order valence-corrected chi connectivity index (χ4v) is 3.55. The number of carbonyl (C=O) groups excluding carboxylic acids is 1. The van der Waals surface area contributed by atoms with E-state index in [9.17, 15) is 4.79 Å². The predicted molar refractivity (Wildman–Crippen MR) is 106 cm³/mol. The van der Waals surface area contributed by atoms with Gasteiger partial charge in [-0.1, -0.05) is 12.1 Å². The van der Waals surface area contributed by atoms with Crippen molar-refractivity contribution in [2.45, 2.75) is 6.92 Å². The minimum absolute atomic E-state index is 0.0533. The molecule has 1 aromatic carbocycles. The number of aromatic nitrogens is 4. The Kier molecular flexibility index (Phi) is 4.89. The lowest BCUT2D eigenvalue weighted by atomic mass is 10.2. The van der Waals surface area contributed by atoms with Crippen molar-refractivity contribution in [3.63, 3.8) is 0 Å². The molecule has 0 unspecified atom stereocenters. The molecule has 0 atom stereocenters. The fraction of sp³-hybridized carbons (Fsp3) is 0.263. The Labute approximate surface area is 165 Å². The molecule has 8 heteroatoms. The number of anilines is 1. The highest BCUT2D eigenvalue weighted by molar-refractivity contribution is 9.10. The second-order valence-corrected chi connectivity index (χ2v) is 7.26. The van der Waals surface area contributed by atoms with Gasteiger partial charge in [-0.2, -0.15) is 5.10 Å². The van der Waals surface area contributed by atoms with Gasteiger partial charge >= 0.3 is 0 Å². The van der Waals surface area contributed by atoms with Gasteiger partial charge in [0.2, 0.25) is 0 Å². The number of halogens is 1. The molecule has 1 saturated heterocycles. The second-order valence-electron chi connectivity index (χ2n) is 6.41. The largest absolute Gasteiger partial charge is 0.352 e. The number of rotatable bonds is 3. The highest BCUT2D eigenvalue weighted by Crippen LogP contribution is 2.20. The fourth-order valence-electron chi connectivity index (χ4n) is 3.10. The highest BCUT2D eigenvalue weighted by atomic mass is 79.9. The van der Waals surface area contributed by atoms with E-state index >= 15 is 0 Å². The van der Waals surface area contributed by atoms with Crippen molar-refractivity contribution in [2.24, 2.45) is 0 Å². The SMILES string of the molecule is Cc1ccn(-c2ccc(N3CCN(C(=O)c4ccccc4Br)CC3)nn2)n1. The maximum atomic E-state index is 12.7. The molecule has 0 N–H and O–H groups in total. The van der Waals surface area contributed by atoms with Crippen molar-refractivity contribution >= 4 is 27.7 Å². The summed E-state index contributed by atoms with van der Waals surface area (Å²) in [6.45, 7) is 4.70. The van der Waals surface area contributed by atoms with Crippen molar-refractivity contribution in [1.29, 1.82) is 0 Å². The predicted octanol–water partition coefficient (Wildman–Crippen LogP) is 2.70. The molecule has 0 spiro atoms. The Morgan fingerprint density at radius 3 is 2.30 bits per heavy atom. The molecule has 3 heterocycles. The molecule has 3 aromatic rings. The normalized spacial score (nSPS) is 14.4. The van der Waals surface area contributed by atoms with Crippen LogP contribution in [0.3, 0.4) is 0 Å². The second kappa shape index (κ2) is 7.48. The molecule has 1 amide bonds. The lowest BCUT2D eigenvalue weighted by Crippen LogP contribution is -2.49. The van der Waals surface area contributed by atoms with Crippen molar-refractivity contribution < 1.29 is 4.79 Å². The molecule has 0 aliphatic carbocycles. The van der Waals surface area contributed by atoms with Gasteiger partial charge in [0.1, 0.15) is 0 Å². The van der Waals surface area contributed by atoms with Crippen LogP contribution in [0.4, 0.5) is 5.82 Å². The van der Waals surface area contributed by atoms with Crippen molar-refractivity contribution in [1.82, 2.24) is 24.9 Å². The van der Waals surface area contributed by atoms with Gasteiger partial charge in [0, 0.05) is 36.8 Å². The van der Waals surface area contributed by atoms with Gasteiger partial charge in [0.25, 0.3) is 5.91 Å². The van der Waals surface area contributed by atoms with Crippen LogP contribution in [0.5, 0.6) is 0 Å². The number of benzene rings is 1. The number of nitrogens with zero attached hydrogens (tertiary/aromatic N) is 6. The van der Waals surface area contributed by atoms with Gasteiger partial charge in [0.05, 0.1) is 11.3 Å². The van der Waals surface area contributed by atoms with E-state index in [2.05, 4.69) is 36.1 Å². The standard InChI is InChI=1S/C19H19BrN6O/c1-14-8-9-26(23-14)18-7-6-17(21-22-18)24-10-12-25(13-11-24)19(27)15-4-2-3-5-16(15)20/h2-9H,10-13H2,1H3. The van der Waals surface area contributed by atoms with E-state index in [0.29, 0.717) is 24.5 Å². The zero-order valence-electron chi connectivity index (χ0n) is 14.9. The van der Waals surface area contributed by atoms with Crippen LogP contribution in [-0.4, -0.2) is 57.0 Å². The average molecular weight is 427 g/mol. The summed E-state index contributed by atoms with van der Waals surface area (Å²) in [4.78, 5) is 16.7. The van der Waals surface area contributed by atoms with Gasteiger partial charge in [-0.05, 0) is 53.2 Å². The minimum atomic E-state index is 0.0533. The molecular formula is C19H19BrN6O. The average Bonchev–Trinajstić information content (AvgIpc) is 3.14. The summed E-state index contributed by atoms with van der Waals surface area (Å²) in [5.41, 5.74) is 1.64. The number of hydrogen-bond donors (Lipinski definition) is 0. The molecule has 1 aliphatic heterocycles. The summed E-state index contributed by atoms with van der Waals surface area (Å²) in [6, 6.07) is 13.3. The zero-order valence-corrected chi connectivity index (χ0v) is 16.5. The molecule has 4 rings (SSSR count). The van der Waals surface area contributed by atoms with Gasteiger partial charge in [-0.25, -0.2) is 4.68 Å². The molecule has 27 heavy (non-hydrogen) atoms. The van der Waals surface area contributed by atoms with Crippen LogP contribution in [0.15, 0.2) is 53.1 Å². The number of hydrogen-bond acceptors (Lipinski definition) is 5. The molecule has 7 nitrogen and oxygen atoms in total. The Morgan fingerprint density at radius 1 is 0.963 bits per heavy atom. The van der Waals surface area contributed by atoms with E-state index < -0.39 is 0 Å². The van der Waals surface area contributed by atoms with Crippen LogP contribution in [-0.2, 0) is 0 Å². The van der Waals surface area contributed by atoms with Crippen molar-refractivity contribution in [3.05, 3.63) is 64.4 Å². The van der Waals surface area contributed by atoms with E-state index in [1.807, 2.05) is 60.5 Å². The van der Waals surface area contributed by atoms with Gasteiger partial charge < -0.3 is 9.80 Å². The van der Waals surface area contributed by atoms with Crippen molar-refractivity contribution in [3.8, 4) is 5.82 Å². The molecule has 0 bridgehead atoms. The van der Waals surface area contributed by atoms with Crippen LogP contribution in [0.2, 0.25) is 0 Å². The number of aryl methyl sites for hydroxylation is 1. The first-order valence-electron chi connectivity index (χ1n) is 8.77. The maximum absolute atomic E-state index is 12.7. The van der Waals surface area contributed by atoms with Crippen LogP contribution >= 0.6 is 15.9 Å². The maximum Gasteiger partial charge on any atom is 0.255 e. The highest BCUT2D eigenvalue weighted by Gasteiger charge is 2.24. The van der Waals surface area contributed by atoms with E-state index in [1.54, 1.807) is 4.68 Å². The zero-order chi connectivity index (χ0) is 18.8. The third-order valence-electron chi connectivity index (χ3n) is 4.59. The monoisotopic (exact) mass is 426 g/mol. The van der Waals surface area contributed by atoms with Gasteiger partial charge in [0.15, 0.2) is 11.6 Å². The summed E-state index contributed by atoms with van der Waals surface area (Å²) in [6.07, 6.45) is 1.87. The van der Waals surface area contributed by atoms with Crippen molar-refractivity contribution in [2.75, 3.05) is 31.1 Å². The van der Waals surface area contributed by atoms with Gasteiger partial charge in [-0.3, -0.25) is 4.79 Å². The van der Waals surface area contributed by atoms with Crippen LogP contribution in [0.1, 0.15) is 16.1 Å².